The minimum absolute atomic E-state index is 0.00144. The maximum atomic E-state index is 13.7. The highest BCUT2D eigenvalue weighted by Gasteiger charge is 2.22. The summed E-state index contributed by atoms with van der Waals surface area (Å²) in [7, 11) is 0. The second kappa shape index (κ2) is 11.9. The molecule has 6 aromatic rings. The molecule has 0 saturated heterocycles. The van der Waals surface area contributed by atoms with E-state index in [4.69, 9.17) is 32.4 Å². The normalized spacial score (nSPS) is 11.5. The number of furan rings is 1. The lowest BCUT2D eigenvalue weighted by Crippen LogP contribution is -2.20. The molecule has 0 fully saturated rings. The van der Waals surface area contributed by atoms with Gasteiger partial charge in [0.05, 0.1) is 22.0 Å². The second-order valence-electron chi connectivity index (χ2n) is 9.23. The molecule has 0 bridgehead atoms. The van der Waals surface area contributed by atoms with E-state index in [1.165, 1.54) is 18.3 Å². The van der Waals surface area contributed by atoms with Crippen molar-refractivity contribution in [2.75, 3.05) is 0 Å². The lowest BCUT2D eigenvalue weighted by Gasteiger charge is -2.12. The van der Waals surface area contributed by atoms with Gasteiger partial charge in [0, 0.05) is 41.6 Å². The predicted molar refractivity (Wildman–Crippen MR) is 173 cm³/mol. The third kappa shape index (κ3) is 5.94. The van der Waals surface area contributed by atoms with Crippen LogP contribution in [0.5, 0.6) is 5.75 Å². The molecule has 0 aliphatic rings. The van der Waals surface area contributed by atoms with Crippen molar-refractivity contribution in [1.29, 1.82) is 0 Å². The fourth-order valence-corrected chi connectivity index (χ4v) is 5.97. The third-order valence-corrected chi connectivity index (χ3v) is 8.10. The summed E-state index contributed by atoms with van der Waals surface area (Å²) in [4.78, 5) is 29.7. The molecule has 0 radical (unpaired) electrons. The fraction of sp³-hybridized carbons (Fsp3) is 0.0333. The van der Waals surface area contributed by atoms with Crippen LogP contribution < -0.4 is 10.3 Å². The molecule has 4 aromatic carbocycles. The summed E-state index contributed by atoms with van der Waals surface area (Å²) in [6.45, 7) is 0.00144. The first kappa shape index (κ1) is 29.1. The highest BCUT2D eigenvalue weighted by molar-refractivity contribution is 9.11. The predicted octanol–water partition coefficient (Wildman–Crippen LogP) is 9.01. The third-order valence-electron chi connectivity index (χ3n) is 6.41. The Hall–Kier alpha value is -4.03. The van der Waals surface area contributed by atoms with Crippen LogP contribution in [0.4, 0.5) is 5.69 Å². The number of fused-ring (bicyclic) bond motifs is 2. The highest BCUT2D eigenvalue weighted by Crippen LogP contribution is 2.35. The summed E-state index contributed by atoms with van der Waals surface area (Å²) in [5.74, 6) is 0.311. The number of hydrogen-bond donors (Lipinski definition) is 0. The summed E-state index contributed by atoms with van der Waals surface area (Å²) in [5, 5.41) is 18.1. The molecule has 0 aliphatic carbocycles. The Morgan fingerprint density at radius 3 is 2.63 bits per heavy atom. The maximum absolute atomic E-state index is 13.7. The average molecular weight is 743 g/mol. The number of rotatable bonds is 7. The van der Waals surface area contributed by atoms with Gasteiger partial charge in [0.15, 0.2) is 5.76 Å². The van der Waals surface area contributed by atoms with Crippen molar-refractivity contribution in [3.8, 4) is 17.3 Å². The zero-order chi connectivity index (χ0) is 30.2. The lowest BCUT2D eigenvalue weighted by molar-refractivity contribution is -0.385. The molecule has 2 heterocycles. The van der Waals surface area contributed by atoms with Crippen LogP contribution in [0, 0.1) is 10.1 Å². The van der Waals surface area contributed by atoms with E-state index in [-0.39, 0.29) is 40.2 Å². The summed E-state index contributed by atoms with van der Waals surface area (Å²) >= 11 is 19.3. The van der Waals surface area contributed by atoms with E-state index in [1.807, 2.05) is 18.2 Å². The van der Waals surface area contributed by atoms with Crippen LogP contribution in [-0.2, 0) is 6.61 Å². The minimum atomic E-state index is -0.593. The van der Waals surface area contributed by atoms with Crippen LogP contribution in [-0.4, -0.2) is 20.8 Å². The van der Waals surface area contributed by atoms with Crippen LogP contribution >= 0.6 is 55.1 Å². The molecule has 13 heteroatoms. The van der Waals surface area contributed by atoms with E-state index in [9.17, 15) is 14.9 Å². The number of nitrogens with zero attached hydrogens (tertiary/aromatic N) is 4. The summed E-state index contributed by atoms with van der Waals surface area (Å²) in [6.07, 6.45) is 1.27. The van der Waals surface area contributed by atoms with Gasteiger partial charge in [-0.15, -0.1) is 0 Å². The zero-order valence-corrected chi connectivity index (χ0v) is 26.3. The van der Waals surface area contributed by atoms with Crippen LogP contribution in [0.15, 0.2) is 102 Å². The average Bonchev–Trinajstić information content (AvgIpc) is 3.39. The van der Waals surface area contributed by atoms with Gasteiger partial charge < -0.3 is 9.15 Å². The zero-order valence-electron chi connectivity index (χ0n) is 21.6. The molecule has 43 heavy (non-hydrogen) atoms. The fourth-order valence-electron chi connectivity index (χ4n) is 4.41. The van der Waals surface area contributed by atoms with Crippen LogP contribution in [0.3, 0.4) is 0 Å². The monoisotopic (exact) mass is 740 g/mol. The molecule has 0 aliphatic heterocycles. The van der Waals surface area contributed by atoms with Crippen molar-refractivity contribution in [1.82, 2.24) is 9.66 Å². The number of halogens is 4. The minimum Gasteiger partial charge on any atom is -0.481 e. The summed E-state index contributed by atoms with van der Waals surface area (Å²) in [5.41, 5.74) is 1.06. The van der Waals surface area contributed by atoms with Gasteiger partial charge in [0.2, 0.25) is 11.6 Å². The number of para-hydroxylation sites is 1. The first-order valence-electron chi connectivity index (χ1n) is 12.5. The largest absolute Gasteiger partial charge is 0.481 e. The van der Waals surface area contributed by atoms with E-state index in [1.54, 1.807) is 48.5 Å². The van der Waals surface area contributed by atoms with Gasteiger partial charge in [0.25, 0.3) is 5.56 Å². The molecular formula is C30H16Br2Cl2N4O5. The van der Waals surface area contributed by atoms with Crippen LogP contribution in [0.2, 0.25) is 10.0 Å². The Balaban J connectivity index is 1.49. The standard InChI is InChI=1S/C30H16Br2Cl2N4O5/c31-19-6-5-16(23(32)12-19)15-42-28-18(10-21(34)13-25(28)38(40)41)14-35-37-29(36-24-4-2-1-3-22(24)30(37)39)27-11-17-9-20(33)7-8-26(17)43-27/h1-14H,15H2. The molecule has 6 rings (SSSR count). The first-order valence-corrected chi connectivity index (χ1v) is 14.8. The number of nitro groups is 1. The van der Waals surface area contributed by atoms with E-state index in [0.29, 0.717) is 26.9 Å². The number of ether oxygens (including phenoxy) is 1. The Morgan fingerprint density at radius 2 is 1.84 bits per heavy atom. The first-order chi connectivity index (χ1) is 20.7. The molecule has 214 valence electrons. The molecule has 2 aromatic heterocycles. The topological polar surface area (TPSA) is 113 Å². The number of nitro benzene ring substituents is 1. The lowest BCUT2D eigenvalue weighted by atomic mass is 10.2. The Morgan fingerprint density at radius 1 is 1.02 bits per heavy atom. The van der Waals surface area contributed by atoms with Crippen molar-refractivity contribution in [3.63, 3.8) is 0 Å². The van der Waals surface area contributed by atoms with Gasteiger partial charge in [-0.3, -0.25) is 14.9 Å². The van der Waals surface area contributed by atoms with Gasteiger partial charge in [-0.1, -0.05) is 73.3 Å². The van der Waals surface area contributed by atoms with Crippen molar-refractivity contribution in [2.45, 2.75) is 6.61 Å². The van der Waals surface area contributed by atoms with Crippen molar-refractivity contribution < 1.29 is 14.1 Å². The Labute approximate surface area is 269 Å². The van der Waals surface area contributed by atoms with Crippen LogP contribution in [0.25, 0.3) is 33.5 Å². The van der Waals surface area contributed by atoms with Gasteiger partial charge in [-0.2, -0.15) is 9.78 Å². The smallest absolute Gasteiger partial charge is 0.313 e. The summed E-state index contributed by atoms with van der Waals surface area (Å²) in [6, 6.07) is 21.8. The molecule has 0 unspecified atom stereocenters. The quantitative estimate of drug-likeness (QED) is 0.0917. The van der Waals surface area contributed by atoms with Gasteiger partial charge in [-0.25, -0.2) is 4.98 Å². The van der Waals surface area contributed by atoms with Crippen LogP contribution in [0.1, 0.15) is 11.1 Å². The molecular weight excluding hydrogens is 727 g/mol. The highest BCUT2D eigenvalue weighted by atomic mass is 79.9. The van der Waals surface area contributed by atoms with E-state index < -0.39 is 10.5 Å². The van der Waals surface area contributed by atoms with Crippen molar-refractivity contribution in [2.24, 2.45) is 5.10 Å². The SMILES string of the molecule is O=c1c2ccccc2nc(-c2cc3cc(Cl)ccc3o2)n1N=Cc1cc(Cl)cc([N+](=O)[O-])c1OCc1ccc(Br)cc1Br. The van der Waals surface area contributed by atoms with Gasteiger partial charge in [-0.05, 0) is 54.6 Å². The Bertz CT molecular complexity index is 2160. The van der Waals surface area contributed by atoms with E-state index in [0.717, 1.165) is 19.2 Å². The Kier molecular flexibility index (Phi) is 8.06. The second-order valence-corrected chi connectivity index (χ2v) is 11.9. The molecule has 0 amide bonds. The van der Waals surface area contributed by atoms with Gasteiger partial charge in [0.1, 0.15) is 12.2 Å². The molecule has 0 saturated carbocycles. The molecule has 0 spiro atoms. The number of aromatic nitrogens is 2. The molecule has 0 atom stereocenters. The molecule has 9 nitrogen and oxygen atoms in total. The van der Waals surface area contributed by atoms with Gasteiger partial charge >= 0.3 is 5.69 Å². The van der Waals surface area contributed by atoms with Crippen molar-refractivity contribution in [3.05, 3.63) is 129 Å². The van der Waals surface area contributed by atoms with E-state index in [2.05, 4.69) is 41.9 Å². The summed E-state index contributed by atoms with van der Waals surface area (Å²) < 4.78 is 14.7. The molecule has 0 N–H and O–H groups in total. The van der Waals surface area contributed by atoms with E-state index >= 15 is 0 Å². The number of benzene rings is 4. The number of hydrogen-bond acceptors (Lipinski definition) is 7. The van der Waals surface area contributed by atoms with Crippen molar-refractivity contribution >= 4 is 88.8 Å². The maximum Gasteiger partial charge on any atom is 0.313 e.